The van der Waals surface area contributed by atoms with Gasteiger partial charge in [0.05, 0.1) is 0 Å². The normalized spacial score (nSPS) is 24.2. The SMILES string of the molecule is CC(SO)C(SO)C1CSSC1. The van der Waals surface area contributed by atoms with Crippen LogP contribution in [0.1, 0.15) is 6.92 Å². The van der Waals surface area contributed by atoms with Gasteiger partial charge in [0.25, 0.3) is 0 Å². The van der Waals surface area contributed by atoms with Gasteiger partial charge < -0.3 is 9.11 Å². The average Bonchev–Trinajstić information content (AvgIpc) is 2.58. The van der Waals surface area contributed by atoms with E-state index in [1.807, 2.05) is 28.5 Å². The molecule has 2 nitrogen and oxygen atoms in total. The molecule has 0 aromatic heterocycles. The van der Waals surface area contributed by atoms with E-state index in [1.54, 1.807) is 0 Å². The molecule has 1 aliphatic rings. The first-order valence-electron chi connectivity index (χ1n) is 3.64. The van der Waals surface area contributed by atoms with Crippen molar-refractivity contribution in [3.8, 4) is 0 Å². The zero-order valence-electron chi connectivity index (χ0n) is 6.67. The lowest BCUT2D eigenvalue weighted by atomic mass is 10.1. The molecule has 12 heavy (non-hydrogen) atoms. The van der Waals surface area contributed by atoms with Crippen LogP contribution in [0, 0.1) is 5.92 Å². The largest absolute Gasteiger partial charge is 0.330 e. The highest BCUT2D eigenvalue weighted by Crippen LogP contribution is 2.41. The molecule has 2 N–H and O–H groups in total. The van der Waals surface area contributed by atoms with Crippen molar-refractivity contribution in [1.82, 2.24) is 0 Å². The van der Waals surface area contributed by atoms with Crippen molar-refractivity contribution in [1.29, 1.82) is 0 Å². The van der Waals surface area contributed by atoms with Gasteiger partial charge in [-0.2, -0.15) is 0 Å². The van der Waals surface area contributed by atoms with Crippen LogP contribution in [0.15, 0.2) is 0 Å². The van der Waals surface area contributed by atoms with Crippen LogP contribution in [0.4, 0.5) is 0 Å². The van der Waals surface area contributed by atoms with Crippen molar-refractivity contribution in [2.24, 2.45) is 5.92 Å². The van der Waals surface area contributed by atoms with Crippen LogP contribution in [0.2, 0.25) is 0 Å². The van der Waals surface area contributed by atoms with Crippen LogP contribution >= 0.6 is 45.7 Å². The van der Waals surface area contributed by atoms with Crippen LogP contribution in [0.25, 0.3) is 0 Å². The Hall–Kier alpha value is 1.32. The summed E-state index contributed by atoms with van der Waals surface area (Å²) in [5, 5.41) is 0.284. The van der Waals surface area contributed by atoms with E-state index in [4.69, 9.17) is 9.11 Å². The minimum atomic E-state index is 0.115. The van der Waals surface area contributed by atoms with E-state index < -0.39 is 0 Å². The highest BCUT2D eigenvalue weighted by Gasteiger charge is 2.31. The third-order valence-corrected chi connectivity index (χ3v) is 6.31. The third kappa shape index (κ3) is 2.92. The molecule has 0 saturated carbocycles. The molecule has 0 spiro atoms. The highest BCUT2D eigenvalue weighted by molar-refractivity contribution is 8.77. The summed E-state index contributed by atoms with van der Waals surface area (Å²) in [5.74, 6) is 2.71. The molecule has 2 unspecified atom stereocenters. The Bertz CT molecular complexity index is 129. The van der Waals surface area contributed by atoms with Gasteiger partial charge in [0, 0.05) is 22.0 Å². The standard InChI is InChI=1S/C6H12O2S4/c1-4(11-7)6(12-8)5-2-9-10-3-5/h4-8H,2-3H2,1H3. The first kappa shape index (κ1) is 11.4. The van der Waals surface area contributed by atoms with E-state index in [2.05, 4.69) is 0 Å². The first-order valence-corrected chi connectivity index (χ1v) is 7.80. The molecule has 0 aromatic carbocycles. The Balaban J connectivity index is 2.42. The quantitative estimate of drug-likeness (QED) is 0.585. The minimum absolute atomic E-state index is 0.115. The lowest BCUT2D eigenvalue weighted by Crippen LogP contribution is -2.27. The van der Waals surface area contributed by atoms with Crippen molar-refractivity contribution in [3.05, 3.63) is 0 Å². The molecule has 1 saturated heterocycles. The lowest BCUT2D eigenvalue weighted by molar-refractivity contribution is 0.563. The molecule has 1 heterocycles. The summed E-state index contributed by atoms with van der Waals surface area (Å²) in [5.41, 5.74) is 0. The maximum atomic E-state index is 9.06. The molecule has 6 heteroatoms. The van der Waals surface area contributed by atoms with Gasteiger partial charge in [0.15, 0.2) is 0 Å². The van der Waals surface area contributed by atoms with Gasteiger partial charge in [-0.1, -0.05) is 21.6 Å². The van der Waals surface area contributed by atoms with Crippen molar-refractivity contribution in [2.45, 2.75) is 17.4 Å². The van der Waals surface area contributed by atoms with E-state index in [0.29, 0.717) is 5.92 Å². The van der Waals surface area contributed by atoms with Gasteiger partial charge in [-0.05, 0) is 36.9 Å². The van der Waals surface area contributed by atoms with Crippen LogP contribution in [-0.2, 0) is 0 Å². The molecule has 0 radical (unpaired) electrons. The fourth-order valence-electron chi connectivity index (χ4n) is 1.12. The summed E-state index contributed by atoms with van der Waals surface area (Å²) in [6, 6.07) is 0. The van der Waals surface area contributed by atoms with Crippen molar-refractivity contribution in [2.75, 3.05) is 11.5 Å². The topological polar surface area (TPSA) is 40.5 Å². The first-order chi connectivity index (χ1) is 5.79. The van der Waals surface area contributed by atoms with Crippen molar-refractivity contribution in [3.63, 3.8) is 0 Å². The van der Waals surface area contributed by atoms with Crippen LogP contribution < -0.4 is 0 Å². The zero-order chi connectivity index (χ0) is 8.97. The summed E-state index contributed by atoms with van der Waals surface area (Å²) in [4.78, 5) is 0. The predicted octanol–water partition coefficient (Wildman–Crippen LogP) is 3.17. The molecule has 0 aromatic rings. The minimum Gasteiger partial charge on any atom is -0.330 e. The summed E-state index contributed by atoms with van der Waals surface area (Å²) in [6.07, 6.45) is 0. The molecular weight excluding hydrogens is 232 g/mol. The predicted molar refractivity (Wildman–Crippen MR) is 62.1 cm³/mol. The molecule has 0 amide bonds. The summed E-state index contributed by atoms with van der Waals surface area (Å²) < 4.78 is 17.9. The fourth-order valence-corrected chi connectivity index (χ4v) is 5.51. The van der Waals surface area contributed by atoms with Gasteiger partial charge in [0.2, 0.25) is 0 Å². The Labute approximate surface area is 89.5 Å². The lowest BCUT2D eigenvalue weighted by Gasteiger charge is -2.22. The van der Waals surface area contributed by atoms with Gasteiger partial charge >= 0.3 is 0 Å². The Morgan fingerprint density at radius 2 is 1.83 bits per heavy atom. The maximum absolute atomic E-state index is 9.06. The van der Waals surface area contributed by atoms with Crippen LogP contribution in [0.3, 0.4) is 0 Å². The van der Waals surface area contributed by atoms with E-state index in [9.17, 15) is 0 Å². The Morgan fingerprint density at radius 1 is 1.25 bits per heavy atom. The highest BCUT2D eigenvalue weighted by atomic mass is 33.1. The van der Waals surface area contributed by atoms with Crippen molar-refractivity contribution >= 4 is 45.7 Å². The molecule has 0 bridgehead atoms. The van der Waals surface area contributed by atoms with E-state index in [0.717, 1.165) is 35.6 Å². The summed E-state index contributed by atoms with van der Waals surface area (Å²) >= 11 is 1.74. The average molecular weight is 244 g/mol. The van der Waals surface area contributed by atoms with E-state index >= 15 is 0 Å². The molecule has 1 rings (SSSR count). The van der Waals surface area contributed by atoms with Crippen molar-refractivity contribution < 1.29 is 9.11 Å². The van der Waals surface area contributed by atoms with Gasteiger partial charge in [-0.25, -0.2) is 0 Å². The molecule has 1 aliphatic heterocycles. The molecule has 1 fully saturated rings. The van der Waals surface area contributed by atoms with E-state index in [-0.39, 0.29) is 10.5 Å². The smallest absolute Gasteiger partial charge is 0.0491 e. The molecule has 72 valence electrons. The monoisotopic (exact) mass is 244 g/mol. The molecule has 2 atom stereocenters. The van der Waals surface area contributed by atoms with E-state index in [1.165, 1.54) is 0 Å². The van der Waals surface area contributed by atoms with Crippen LogP contribution in [-0.4, -0.2) is 31.1 Å². The third-order valence-electron chi connectivity index (χ3n) is 1.86. The Kier molecular flexibility index (Phi) is 5.63. The summed E-state index contributed by atoms with van der Waals surface area (Å²) in [7, 11) is 3.71. The molecule has 0 aliphatic carbocycles. The second-order valence-electron chi connectivity index (χ2n) is 2.71. The summed E-state index contributed by atoms with van der Waals surface area (Å²) in [6.45, 7) is 1.95. The fraction of sp³-hybridized carbons (Fsp3) is 1.00. The second kappa shape index (κ2) is 5.93. The number of hydrogen-bond donors (Lipinski definition) is 2. The number of hydrogen-bond acceptors (Lipinski definition) is 6. The number of rotatable bonds is 4. The van der Waals surface area contributed by atoms with Gasteiger partial charge in [-0.3, -0.25) is 0 Å². The van der Waals surface area contributed by atoms with Crippen LogP contribution in [0.5, 0.6) is 0 Å². The van der Waals surface area contributed by atoms with Gasteiger partial charge in [-0.15, -0.1) is 0 Å². The zero-order valence-corrected chi connectivity index (χ0v) is 9.94. The maximum Gasteiger partial charge on any atom is 0.0491 e. The molecular formula is C6H12O2S4. The second-order valence-corrected chi connectivity index (χ2v) is 6.97. The Morgan fingerprint density at radius 3 is 2.25 bits per heavy atom. The van der Waals surface area contributed by atoms with Gasteiger partial charge in [0.1, 0.15) is 0 Å².